The van der Waals surface area contributed by atoms with Gasteiger partial charge in [0.05, 0.1) is 5.57 Å². The second-order valence-corrected chi connectivity index (χ2v) is 6.85. The zero-order valence-corrected chi connectivity index (χ0v) is 16.2. The third-order valence-electron chi connectivity index (χ3n) is 4.75. The number of esters is 1. The summed E-state index contributed by atoms with van der Waals surface area (Å²) in [5.41, 5.74) is -2.97. The number of carbonyl (C=O) groups excluding carboxylic acids is 3. The number of hydrogen-bond donors (Lipinski definition) is 4. The fraction of sp³-hybridized carbons (Fsp3) is 0.143. The van der Waals surface area contributed by atoms with Crippen LogP contribution in [0.2, 0.25) is 0 Å². The first-order valence-corrected chi connectivity index (χ1v) is 8.74. The Morgan fingerprint density at radius 3 is 2.45 bits per heavy atom. The lowest BCUT2D eigenvalue weighted by molar-refractivity contribution is -0.145. The average molecular weight is 428 g/mol. The Balaban J connectivity index is 1.95. The lowest BCUT2D eigenvalue weighted by atomic mass is 9.80. The zero-order valence-electron chi connectivity index (χ0n) is 16.2. The maximum absolute atomic E-state index is 12.9. The number of carbonyl (C=O) groups is 4. The van der Waals surface area contributed by atoms with E-state index in [1.54, 1.807) is 0 Å². The van der Waals surface area contributed by atoms with Gasteiger partial charge in [-0.1, -0.05) is 0 Å². The highest BCUT2D eigenvalue weighted by atomic mass is 16.6. The summed E-state index contributed by atoms with van der Waals surface area (Å²) < 4.78 is 10.3. The molecule has 10 nitrogen and oxygen atoms in total. The summed E-state index contributed by atoms with van der Waals surface area (Å²) in [5, 5.41) is 38.0. The molecule has 0 fully saturated rings. The maximum Gasteiger partial charge on any atom is 0.343 e. The van der Waals surface area contributed by atoms with Gasteiger partial charge in [0.1, 0.15) is 23.3 Å². The summed E-state index contributed by atoms with van der Waals surface area (Å²) in [6.45, 7) is 2.30. The number of carboxylic acids is 1. The van der Waals surface area contributed by atoms with Gasteiger partial charge in [0.15, 0.2) is 11.5 Å². The van der Waals surface area contributed by atoms with E-state index in [9.17, 15) is 34.5 Å². The molecule has 1 aromatic carbocycles. The molecule has 0 bridgehead atoms. The Hall–Kier alpha value is -4.34. The number of aliphatic carboxylic acids is 1. The van der Waals surface area contributed by atoms with Gasteiger partial charge < -0.3 is 29.9 Å². The smallest absolute Gasteiger partial charge is 0.343 e. The maximum atomic E-state index is 12.9. The molecule has 2 aliphatic rings. The Morgan fingerprint density at radius 2 is 1.81 bits per heavy atom. The van der Waals surface area contributed by atoms with Gasteiger partial charge in [0.25, 0.3) is 0 Å². The molecule has 0 saturated carbocycles. The van der Waals surface area contributed by atoms with E-state index in [1.165, 1.54) is 13.0 Å². The molecule has 160 valence electrons. The lowest BCUT2D eigenvalue weighted by Crippen LogP contribution is -2.50. The van der Waals surface area contributed by atoms with Crippen LogP contribution in [0.5, 0.6) is 17.2 Å². The van der Waals surface area contributed by atoms with Crippen molar-refractivity contribution < 1.29 is 49.1 Å². The number of benzene rings is 1. The van der Waals surface area contributed by atoms with Gasteiger partial charge in [0.2, 0.25) is 17.2 Å². The summed E-state index contributed by atoms with van der Waals surface area (Å²) in [5.74, 6) is -6.26. The zero-order chi connectivity index (χ0) is 23.1. The molecule has 0 amide bonds. The van der Waals surface area contributed by atoms with Gasteiger partial charge in [0, 0.05) is 17.7 Å². The van der Waals surface area contributed by atoms with E-state index in [0.717, 1.165) is 37.5 Å². The molecule has 1 aromatic rings. The van der Waals surface area contributed by atoms with E-state index < -0.39 is 51.9 Å². The quantitative estimate of drug-likeness (QED) is 0.181. The molecule has 1 aliphatic carbocycles. The van der Waals surface area contributed by atoms with Gasteiger partial charge in [-0.2, -0.15) is 0 Å². The van der Waals surface area contributed by atoms with Crippen molar-refractivity contribution in [2.75, 3.05) is 0 Å². The van der Waals surface area contributed by atoms with E-state index in [1.807, 2.05) is 0 Å². The number of fused-ring (bicyclic) bond motifs is 1. The van der Waals surface area contributed by atoms with Crippen molar-refractivity contribution in [3.63, 3.8) is 0 Å². The predicted molar refractivity (Wildman–Crippen MR) is 102 cm³/mol. The van der Waals surface area contributed by atoms with E-state index in [0.29, 0.717) is 0 Å². The molecule has 1 heterocycles. The summed E-state index contributed by atoms with van der Waals surface area (Å²) in [4.78, 5) is 48.9. The number of allylic oxidation sites excluding steroid dienone is 3. The minimum Gasteiger partial charge on any atom is -0.507 e. The number of aromatic hydroxyl groups is 3. The summed E-state index contributed by atoms with van der Waals surface area (Å²) in [7, 11) is 0. The van der Waals surface area contributed by atoms with Gasteiger partial charge in [-0.05, 0) is 37.6 Å². The molecule has 0 aromatic heterocycles. The largest absolute Gasteiger partial charge is 0.507 e. The van der Waals surface area contributed by atoms with Crippen molar-refractivity contribution in [3.8, 4) is 17.2 Å². The van der Waals surface area contributed by atoms with Crippen molar-refractivity contribution in [3.05, 3.63) is 64.7 Å². The van der Waals surface area contributed by atoms with Crippen LogP contribution in [0.15, 0.2) is 53.5 Å². The van der Waals surface area contributed by atoms with Crippen LogP contribution in [0.4, 0.5) is 0 Å². The number of ketones is 2. The lowest BCUT2D eigenvalue weighted by Gasteiger charge is -2.31. The minimum absolute atomic E-state index is 0.0683. The average Bonchev–Trinajstić information content (AvgIpc) is 2.69. The molecule has 4 N–H and O–H groups in total. The Morgan fingerprint density at radius 1 is 1.13 bits per heavy atom. The van der Waals surface area contributed by atoms with Crippen LogP contribution in [-0.4, -0.2) is 49.5 Å². The summed E-state index contributed by atoms with van der Waals surface area (Å²) in [6.07, 6.45) is 5.26. The van der Waals surface area contributed by atoms with E-state index >= 15 is 0 Å². The van der Waals surface area contributed by atoms with Gasteiger partial charge in [-0.3, -0.25) is 9.59 Å². The van der Waals surface area contributed by atoms with E-state index in [2.05, 4.69) is 0 Å². The van der Waals surface area contributed by atoms with Crippen molar-refractivity contribution in [1.29, 1.82) is 0 Å². The number of Topliss-reactive ketones (excluding diaryl/α,β-unsaturated/α-hetero) is 1. The molecule has 10 heteroatoms. The highest BCUT2D eigenvalue weighted by Crippen LogP contribution is 2.39. The molecular weight excluding hydrogens is 412 g/mol. The Labute approximate surface area is 174 Å². The minimum atomic E-state index is -2.29. The standard InChI is InChI=1S/C21H16O10/c1-9-17(13(22)7-14(23)18(9)27)20(29)31-21(2)15(24)6-10-5-11(3-4-16(25)26)30-8-12(10)19(21)28/h3-8,22-23,27H,1-2H3,(H,25,26)/t21-/m1/s1. The van der Waals surface area contributed by atoms with Crippen molar-refractivity contribution >= 4 is 23.5 Å². The fourth-order valence-corrected chi connectivity index (χ4v) is 3.02. The van der Waals surface area contributed by atoms with Gasteiger partial charge >= 0.3 is 11.9 Å². The fourth-order valence-electron chi connectivity index (χ4n) is 3.02. The molecule has 0 radical (unpaired) electrons. The molecule has 3 rings (SSSR count). The summed E-state index contributed by atoms with van der Waals surface area (Å²) in [6, 6.07) is 0.720. The van der Waals surface area contributed by atoms with Crippen LogP contribution in [-0.2, 0) is 23.9 Å². The highest BCUT2D eigenvalue weighted by molar-refractivity contribution is 6.26. The second kappa shape index (κ2) is 7.48. The number of rotatable bonds is 4. The predicted octanol–water partition coefficient (Wildman–Crippen LogP) is 1.54. The van der Waals surface area contributed by atoms with E-state index in [-0.39, 0.29) is 22.5 Å². The summed E-state index contributed by atoms with van der Waals surface area (Å²) >= 11 is 0. The number of carboxylic acid groups (broad SMARTS) is 1. The monoisotopic (exact) mass is 428 g/mol. The van der Waals surface area contributed by atoms with Crippen LogP contribution in [0, 0.1) is 6.92 Å². The third-order valence-corrected chi connectivity index (χ3v) is 4.75. The second-order valence-electron chi connectivity index (χ2n) is 6.85. The Bertz CT molecular complexity index is 1170. The molecular formula is C21H16O10. The van der Waals surface area contributed by atoms with Crippen LogP contribution in [0.3, 0.4) is 0 Å². The van der Waals surface area contributed by atoms with Gasteiger partial charge in [-0.15, -0.1) is 0 Å². The number of phenolic OH excluding ortho intramolecular Hbond substituents is 3. The molecule has 31 heavy (non-hydrogen) atoms. The number of hydrogen-bond acceptors (Lipinski definition) is 9. The van der Waals surface area contributed by atoms with Crippen LogP contribution < -0.4 is 0 Å². The first-order chi connectivity index (χ1) is 14.5. The first kappa shape index (κ1) is 21.4. The third kappa shape index (κ3) is 3.66. The highest BCUT2D eigenvalue weighted by Gasteiger charge is 2.50. The van der Waals surface area contributed by atoms with Crippen molar-refractivity contribution in [2.45, 2.75) is 19.4 Å². The molecule has 1 aliphatic heterocycles. The molecule has 0 unspecified atom stereocenters. The molecule has 0 saturated heterocycles. The van der Waals surface area contributed by atoms with Crippen LogP contribution in [0.1, 0.15) is 22.8 Å². The molecule has 0 spiro atoms. The number of phenols is 3. The Kier molecular flexibility index (Phi) is 5.16. The van der Waals surface area contributed by atoms with Gasteiger partial charge in [-0.25, -0.2) is 9.59 Å². The van der Waals surface area contributed by atoms with E-state index in [4.69, 9.17) is 14.6 Å². The first-order valence-electron chi connectivity index (χ1n) is 8.74. The SMILES string of the molecule is Cc1c(O)c(O)cc(O)c1C(=O)O[C@]1(C)C(=O)C=C2C=C(C=CC(=O)O)OC=C2C1=O. The molecule has 1 atom stereocenters. The van der Waals surface area contributed by atoms with Crippen molar-refractivity contribution in [2.24, 2.45) is 0 Å². The van der Waals surface area contributed by atoms with Crippen LogP contribution >= 0.6 is 0 Å². The van der Waals surface area contributed by atoms with Crippen LogP contribution in [0.25, 0.3) is 0 Å². The normalized spacial score (nSPS) is 20.4. The topological polar surface area (TPSA) is 168 Å². The van der Waals surface area contributed by atoms with Crippen molar-refractivity contribution in [1.82, 2.24) is 0 Å². The number of ether oxygens (including phenoxy) is 2.